The molecule has 2 heterocycles. The number of likely N-dealkylation sites (tertiary alicyclic amines) is 1. The Labute approximate surface area is 183 Å². The highest BCUT2D eigenvalue weighted by Gasteiger charge is 2.29. The lowest BCUT2D eigenvalue weighted by atomic mass is 10.1. The molecule has 1 atom stereocenters. The van der Waals surface area contributed by atoms with Crippen LogP contribution in [0.3, 0.4) is 0 Å². The predicted molar refractivity (Wildman–Crippen MR) is 122 cm³/mol. The predicted octanol–water partition coefficient (Wildman–Crippen LogP) is 1.67. The number of aromatic nitrogens is 1. The second kappa shape index (κ2) is 11.7. The van der Waals surface area contributed by atoms with Crippen LogP contribution in [0.25, 0.3) is 0 Å². The van der Waals surface area contributed by atoms with E-state index < -0.39 is 0 Å². The van der Waals surface area contributed by atoms with Gasteiger partial charge >= 0.3 is 0 Å². The summed E-state index contributed by atoms with van der Waals surface area (Å²) in [5, 5.41) is 9.17. The first-order valence-electron chi connectivity index (χ1n) is 10.7. The Balaban J connectivity index is 1.44. The Kier molecular flexibility index (Phi) is 8.39. The van der Waals surface area contributed by atoms with Gasteiger partial charge in [0.05, 0.1) is 11.9 Å². The molecule has 8 heteroatoms. The molecular formula is C23H30N6O2. The first-order valence-corrected chi connectivity index (χ1v) is 10.7. The van der Waals surface area contributed by atoms with Gasteiger partial charge in [0, 0.05) is 44.7 Å². The highest BCUT2D eigenvalue weighted by atomic mass is 16.2. The van der Waals surface area contributed by atoms with E-state index in [1.165, 1.54) is 5.56 Å². The molecule has 3 N–H and O–H groups in total. The molecule has 1 aliphatic heterocycles. The number of rotatable bonds is 9. The van der Waals surface area contributed by atoms with Crippen LogP contribution < -0.4 is 16.0 Å². The van der Waals surface area contributed by atoms with Crippen LogP contribution >= 0.6 is 0 Å². The Hall–Kier alpha value is -3.42. The number of guanidine groups is 1. The summed E-state index contributed by atoms with van der Waals surface area (Å²) in [5.74, 6) is 0.768. The van der Waals surface area contributed by atoms with Crippen molar-refractivity contribution in [2.45, 2.75) is 19.8 Å². The second-order valence-electron chi connectivity index (χ2n) is 7.51. The van der Waals surface area contributed by atoms with Crippen molar-refractivity contribution in [1.29, 1.82) is 0 Å². The summed E-state index contributed by atoms with van der Waals surface area (Å²) in [6.07, 6.45) is 4.63. The molecule has 0 spiro atoms. The molecule has 0 aliphatic carbocycles. The van der Waals surface area contributed by atoms with E-state index in [1.54, 1.807) is 24.5 Å². The summed E-state index contributed by atoms with van der Waals surface area (Å²) in [4.78, 5) is 34.7. The van der Waals surface area contributed by atoms with Crippen molar-refractivity contribution in [2.24, 2.45) is 10.9 Å². The number of benzene rings is 1. The molecule has 31 heavy (non-hydrogen) atoms. The van der Waals surface area contributed by atoms with E-state index in [2.05, 4.69) is 38.1 Å². The van der Waals surface area contributed by atoms with Gasteiger partial charge in [0.25, 0.3) is 0 Å². The van der Waals surface area contributed by atoms with Crippen LogP contribution in [0.2, 0.25) is 0 Å². The van der Waals surface area contributed by atoms with Crippen LogP contribution in [-0.2, 0) is 16.0 Å². The first kappa shape index (κ1) is 22.3. The lowest BCUT2D eigenvalue weighted by Gasteiger charge is -2.18. The minimum absolute atomic E-state index is 0.00295. The number of carbonyl (C=O) groups is 2. The van der Waals surface area contributed by atoms with Crippen molar-refractivity contribution >= 4 is 23.5 Å². The number of hydrogen-bond acceptors (Lipinski definition) is 4. The minimum atomic E-state index is -0.215. The van der Waals surface area contributed by atoms with Gasteiger partial charge in [0.1, 0.15) is 6.54 Å². The maximum absolute atomic E-state index is 12.4. The van der Waals surface area contributed by atoms with Gasteiger partial charge in [0.15, 0.2) is 5.96 Å². The zero-order valence-corrected chi connectivity index (χ0v) is 17.9. The number of nitrogens with zero attached hydrogens (tertiary/aromatic N) is 3. The van der Waals surface area contributed by atoms with Crippen molar-refractivity contribution in [3.05, 3.63) is 60.4 Å². The van der Waals surface area contributed by atoms with Crippen LogP contribution in [0, 0.1) is 5.92 Å². The average molecular weight is 423 g/mol. The molecule has 3 rings (SSSR count). The number of pyridine rings is 1. The summed E-state index contributed by atoms with van der Waals surface area (Å²) < 4.78 is 0. The number of nitrogens with one attached hydrogen (secondary N) is 3. The number of carbonyl (C=O) groups excluding carboxylic acids is 2. The normalized spacial score (nSPS) is 16.3. The van der Waals surface area contributed by atoms with E-state index in [4.69, 9.17) is 0 Å². The molecule has 8 nitrogen and oxygen atoms in total. The van der Waals surface area contributed by atoms with Crippen molar-refractivity contribution in [2.75, 3.05) is 38.0 Å². The van der Waals surface area contributed by atoms with Gasteiger partial charge < -0.3 is 20.9 Å². The molecular weight excluding hydrogens is 392 g/mol. The fourth-order valence-electron chi connectivity index (χ4n) is 3.49. The standard InChI is InChI=1S/C23H30N6O2/c1-2-25-23(27-16-21(30)28-20-9-6-11-24-15-20)26-14-19-13-22(31)29(17-19)12-10-18-7-4-3-5-8-18/h3-9,11,15,19H,2,10,12-14,16-17H2,1H3,(H,28,30)(H2,25,26,27). The van der Waals surface area contributed by atoms with Gasteiger partial charge in [-0.2, -0.15) is 0 Å². The lowest BCUT2D eigenvalue weighted by Crippen LogP contribution is -2.41. The van der Waals surface area contributed by atoms with E-state index in [-0.39, 0.29) is 24.3 Å². The Bertz CT molecular complexity index is 872. The van der Waals surface area contributed by atoms with Gasteiger partial charge in [-0.05, 0) is 31.0 Å². The SMILES string of the molecule is CCNC(=NCC(=O)Nc1cccnc1)NCC1CC(=O)N(CCc2ccccc2)C1. The molecule has 1 unspecified atom stereocenters. The fourth-order valence-corrected chi connectivity index (χ4v) is 3.49. The zero-order chi connectivity index (χ0) is 21.9. The molecule has 1 fully saturated rings. The van der Waals surface area contributed by atoms with Crippen molar-refractivity contribution in [3.8, 4) is 0 Å². The summed E-state index contributed by atoms with van der Waals surface area (Å²) in [6.45, 7) is 4.75. The van der Waals surface area contributed by atoms with Crippen molar-refractivity contribution in [3.63, 3.8) is 0 Å². The summed E-state index contributed by atoms with van der Waals surface area (Å²) >= 11 is 0. The second-order valence-corrected chi connectivity index (χ2v) is 7.51. The first-order chi connectivity index (χ1) is 15.1. The lowest BCUT2D eigenvalue weighted by molar-refractivity contribution is -0.127. The maximum Gasteiger partial charge on any atom is 0.246 e. The molecule has 164 valence electrons. The zero-order valence-electron chi connectivity index (χ0n) is 17.9. The molecule has 1 aromatic carbocycles. The number of aliphatic imine (C=N–C) groups is 1. The summed E-state index contributed by atoms with van der Waals surface area (Å²) in [7, 11) is 0. The fraction of sp³-hybridized carbons (Fsp3) is 0.391. The van der Waals surface area contributed by atoms with Crippen molar-refractivity contribution in [1.82, 2.24) is 20.5 Å². The quantitative estimate of drug-likeness (QED) is 0.422. The Morgan fingerprint density at radius 1 is 1.19 bits per heavy atom. The third kappa shape index (κ3) is 7.40. The molecule has 1 saturated heterocycles. The minimum Gasteiger partial charge on any atom is -0.357 e. The number of amides is 2. The van der Waals surface area contributed by atoms with Crippen LogP contribution in [0.5, 0.6) is 0 Å². The molecule has 1 aliphatic rings. The van der Waals surface area contributed by atoms with Gasteiger partial charge in [0.2, 0.25) is 11.8 Å². The van der Waals surface area contributed by atoms with Crippen LogP contribution in [0.1, 0.15) is 18.9 Å². The van der Waals surface area contributed by atoms with Crippen LogP contribution in [-0.4, -0.2) is 60.4 Å². The van der Waals surface area contributed by atoms with Crippen molar-refractivity contribution < 1.29 is 9.59 Å². The molecule has 0 bridgehead atoms. The number of hydrogen-bond donors (Lipinski definition) is 3. The van der Waals surface area contributed by atoms with E-state index in [1.807, 2.05) is 30.0 Å². The highest BCUT2D eigenvalue weighted by molar-refractivity contribution is 5.93. The van der Waals surface area contributed by atoms with E-state index in [9.17, 15) is 9.59 Å². The summed E-state index contributed by atoms with van der Waals surface area (Å²) in [6, 6.07) is 13.7. The van der Waals surface area contributed by atoms with E-state index in [0.717, 1.165) is 19.5 Å². The smallest absolute Gasteiger partial charge is 0.246 e. The van der Waals surface area contributed by atoms with Gasteiger partial charge in [-0.1, -0.05) is 30.3 Å². The molecule has 0 saturated carbocycles. The van der Waals surface area contributed by atoms with Gasteiger partial charge in [-0.15, -0.1) is 0 Å². The Morgan fingerprint density at radius 2 is 2.03 bits per heavy atom. The monoisotopic (exact) mass is 422 g/mol. The largest absolute Gasteiger partial charge is 0.357 e. The molecule has 2 amide bonds. The van der Waals surface area contributed by atoms with Gasteiger partial charge in [-0.25, -0.2) is 4.99 Å². The highest BCUT2D eigenvalue weighted by Crippen LogP contribution is 2.17. The third-order valence-corrected chi connectivity index (χ3v) is 5.04. The van der Waals surface area contributed by atoms with E-state index >= 15 is 0 Å². The Morgan fingerprint density at radius 3 is 2.77 bits per heavy atom. The topological polar surface area (TPSA) is 98.7 Å². The maximum atomic E-state index is 12.4. The van der Waals surface area contributed by atoms with Crippen LogP contribution in [0.15, 0.2) is 59.9 Å². The third-order valence-electron chi connectivity index (χ3n) is 5.04. The summed E-state index contributed by atoms with van der Waals surface area (Å²) in [5.41, 5.74) is 1.88. The van der Waals surface area contributed by atoms with Gasteiger partial charge in [-0.3, -0.25) is 14.6 Å². The average Bonchev–Trinajstić information content (AvgIpc) is 3.15. The molecule has 1 aromatic heterocycles. The molecule has 0 radical (unpaired) electrons. The van der Waals surface area contributed by atoms with E-state index in [0.29, 0.717) is 31.2 Å². The molecule has 2 aromatic rings. The van der Waals surface area contributed by atoms with Crippen LogP contribution in [0.4, 0.5) is 5.69 Å². The number of anilines is 1.